The van der Waals surface area contributed by atoms with Crippen molar-refractivity contribution in [3.63, 3.8) is 0 Å². The number of fused-ring (bicyclic) bond motifs is 2. The van der Waals surface area contributed by atoms with E-state index in [1.54, 1.807) is 4.31 Å². The SMILES string of the molecule is C[C@H]1CN(S(=O)(=O)C2=Cc3ccccc3CC2)c2ccccc21. The summed E-state index contributed by atoms with van der Waals surface area (Å²) in [4.78, 5) is 0.528. The Balaban J connectivity index is 1.77. The normalized spacial score (nSPS) is 20.0. The molecule has 2 aromatic carbocycles. The first kappa shape index (κ1) is 14.5. The van der Waals surface area contributed by atoms with Gasteiger partial charge in [0, 0.05) is 12.5 Å². The second kappa shape index (κ2) is 5.24. The molecule has 1 heterocycles. The van der Waals surface area contributed by atoms with Gasteiger partial charge in [-0.1, -0.05) is 49.4 Å². The highest BCUT2D eigenvalue weighted by Gasteiger charge is 2.36. The molecule has 0 saturated carbocycles. The molecule has 0 bridgehead atoms. The summed E-state index contributed by atoms with van der Waals surface area (Å²) in [6, 6.07) is 15.8. The van der Waals surface area contributed by atoms with Crippen LogP contribution in [-0.4, -0.2) is 15.0 Å². The molecule has 118 valence electrons. The van der Waals surface area contributed by atoms with Gasteiger partial charge < -0.3 is 0 Å². The standard InChI is InChI=1S/C19H19NO2S/c1-14-13-20(19-9-5-4-8-18(14)19)23(21,22)17-11-10-15-6-2-3-7-16(15)12-17/h2-9,12,14H,10-11,13H2,1H3/t14-/m0/s1. The van der Waals surface area contributed by atoms with Crippen LogP contribution in [0.1, 0.15) is 36.0 Å². The van der Waals surface area contributed by atoms with Crippen molar-refractivity contribution in [2.24, 2.45) is 0 Å². The van der Waals surface area contributed by atoms with E-state index in [4.69, 9.17) is 0 Å². The number of sulfonamides is 1. The Morgan fingerprint density at radius 2 is 1.74 bits per heavy atom. The largest absolute Gasteiger partial charge is 0.266 e. The van der Waals surface area contributed by atoms with Crippen LogP contribution in [0.4, 0.5) is 5.69 Å². The highest BCUT2D eigenvalue weighted by Crippen LogP contribution is 2.40. The molecule has 0 unspecified atom stereocenters. The summed E-state index contributed by atoms with van der Waals surface area (Å²) in [6.45, 7) is 2.61. The van der Waals surface area contributed by atoms with Crippen LogP contribution in [0.5, 0.6) is 0 Å². The molecule has 1 aliphatic heterocycles. The minimum Gasteiger partial charge on any atom is -0.266 e. The highest BCUT2D eigenvalue weighted by molar-refractivity contribution is 7.96. The number of rotatable bonds is 2. The molecule has 0 N–H and O–H groups in total. The topological polar surface area (TPSA) is 37.4 Å². The van der Waals surface area contributed by atoms with E-state index in [-0.39, 0.29) is 5.92 Å². The third-order valence-electron chi connectivity index (χ3n) is 4.81. The monoisotopic (exact) mass is 325 g/mol. The number of hydrogen-bond acceptors (Lipinski definition) is 2. The Kier molecular flexibility index (Phi) is 3.31. The molecule has 1 aliphatic carbocycles. The maximum atomic E-state index is 13.2. The van der Waals surface area contributed by atoms with Gasteiger partial charge in [-0.3, -0.25) is 4.31 Å². The van der Waals surface area contributed by atoms with Crippen molar-refractivity contribution in [2.45, 2.75) is 25.7 Å². The summed E-state index contributed by atoms with van der Waals surface area (Å²) in [5, 5.41) is 0. The second-order valence-electron chi connectivity index (χ2n) is 6.31. The summed E-state index contributed by atoms with van der Waals surface area (Å²) < 4.78 is 27.9. The number of hydrogen-bond donors (Lipinski definition) is 0. The number of nitrogens with zero attached hydrogens (tertiary/aromatic N) is 1. The van der Waals surface area contributed by atoms with Crippen molar-refractivity contribution < 1.29 is 8.42 Å². The summed E-state index contributed by atoms with van der Waals surface area (Å²) >= 11 is 0. The number of aryl methyl sites for hydroxylation is 1. The fourth-order valence-corrected chi connectivity index (χ4v) is 5.32. The molecule has 0 fully saturated rings. The zero-order valence-corrected chi connectivity index (χ0v) is 13.9. The van der Waals surface area contributed by atoms with E-state index in [2.05, 4.69) is 13.0 Å². The maximum absolute atomic E-state index is 13.2. The molecule has 4 rings (SSSR count). The van der Waals surface area contributed by atoms with E-state index in [1.165, 1.54) is 5.56 Å². The van der Waals surface area contributed by atoms with Crippen LogP contribution in [0.2, 0.25) is 0 Å². The number of para-hydroxylation sites is 1. The third kappa shape index (κ3) is 2.29. The first-order chi connectivity index (χ1) is 11.1. The van der Waals surface area contributed by atoms with Crippen LogP contribution in [-0.2, 0) is 16.4 Å². The predicted octanol–water partition coefficient (Wildman–Crippen LogP) is 3.93. The smallest absolute Gasteiger partial charge is 0.260 e. The zero-order valence-electron chi connectivity index (χ0n) is 13.1. The van der Waals surface area contributed by atoms with Crippen molar-refractivity contribution in [3.8, 4) is 0 Å². The van der Waals surface area contributed by atoms with E-state index < -0.39 is 10.0 Å². The highest BCUT2D eigenvalue weighted by atomic mass is 32.2. The van der Waals surface area contributed by atoms with Gasteiger partial charge in [0.25, 0.3) is 10.0 Å². The molecule has 3 nitrogen and oxygen atoms in total. The summed E-state index contributed by atoms with van der Waals surface area (Å²) in [6.07, 6.45) is 3.21. The molecule has 0 saturated heterocycles. The molecule has 0 aromatic heterocycles. The number of anilines is 1. The number of allylic oxidation sites excluding steroid dienone is 1. The molecule has 2 aliphatic rings. The van der Waals surface area contributed by atoms with Crippen molar-refractivity contribution >= 4 is 21.8 Å². The van der Waals surface area contributed by atoms with Crippen LogP contribution in [0, 0.1) is 0 Å². The number of benzene rings is 2. The molecular formula is C19H19NO2S. The van der Waals surface area contributed by atoms with Crippen molar-refractivity contribution in [3.05, 3.63) is 70.1 Å². The van der Waals surface area contributed by atoms with E-state index >= 15 is 0 Å². The van der Waals surface area contributed by atoms with Crippen LogP contribution in [0.15, 0.2) is 53.4 Å². The molecule has 0 amide bonds. The molecule has 2 aromatic rings. The van der Waals surface area contributed by atoms with Gasteiger partial charge in [-0.15, -0.1) is 0 Å². The van der Waals surface area contributed by atoms with Crippen LogP contribution in [0.25, 0.3) is 6.08 Å². The molecule has 1 atom stereocenters. The van der Waals surface area contributed by atoms with E-state index in [0.29, 0.717) is 17.9 Å². The lowest BCUT2D eigenvalue weighted by atomic mass is 9.98. The lowest BCUT2D eigenvalue weighted by molar-refractivity contribution is 0.594. The maximum Gasteiger partial charge on any atom is 0.260 e. The Morgan fingerprint density at radius 3 is 2.61 bits per heavy atom. The first-order valence-electron chi connectivity index (χ1n) is 7.97. The Bertz CT molecular complexity index is 899. The van der Waals surface area contributed by atoms with Crippen molar-refractivity contribution in [1.29, 1.82) is 0 Å². The second-order valence-corrected chi connectivity index (χ2v) is 8.22. The Morgan fingerprint density at radius 1 is 1.00 bits per heavy atom. The van der Waals surface area contributed by atoms with Gasteiger partial charge in [-0.05, 0) is 41.7 Å². The lowest BCUT2D eigenvalue weighted by Crippen LogP contribution is -2.31. The van der Waals surface area contributed by atoms with Gasteiger partial charge in [-0.25, -0.2) is 8.42 Å². The summed E-state index contributed by atoms with van der Waals surface area (Å²) in [5.74, 6) is 0.234. The average molecular weight is 325 g/mol. The van der Waals surface area contributed by atoms with Gasteiger partial charge in [0.15, 0.2) is 0 Å². The summed E-state index contributed by atoms with van der Waals surface area (Å²) in [7, 11) is -3.46. The molecule has 0 radical (unpaired) electrons. The molecule has 23 heavy (non-hydrogen) atoms. The van der Waals surface area contributed by atoms with E-state index in [0.717, 1.165) is 23.2 Å². The molecule has 4 heteroatoms. The average Bonchev–Trinajstić information content (AvgIpc) is 2.92. The van der Waals surface area contributed by atoms with Crippen LogP contribution >= 0.6 is 0 Å². The van der Waals surface area contributed by atoms with Gasteiger partial charge in [0.05, 0.1) is 10.6 Å². The summed E-state index contributed by atoms with van der Waals surface area (Å²) in [5.41, 5.74) is 4.20. The quantitative estimate of drug-likeness (QED) is 0.839. The van der Waals surface area contributed by atoms with Gasteiger partial charge in [0.1, 0.15) is 0 Å². The molecular weight excluding hydrogens is 306 g/mol. The Labute approximate surface area is 137 Å². The van der Waals surface area contributed by atoms with E-state index in [1.807, 2.05) is 48.5 Å². The van der Waals surface area contributed by atoms with Crippen LogP contribution in [0.3, 0.4) is 0 Å². The minimum atomic E-state index is -3.46. The van der Waals surface area contributed by atoms with Gasteiger partial charge >= 0.3 is 0 Å². The van der Waals surface area contributed by atoms with Gasteiger partial charge in [-0.2, -0.15) is 0 Å². The minimum absolute atomic E-state index is 0.234. The molecule has 0 spiro atoms. The van der Waals surface area contributed by atoms with Crippen LogP contribution < -0.4 is 4.31 Å². The van der Waals surface area contributed by atoms with Gasteiger partial charge in [0.2, 0.25) is 0 Å². The Hall–Kier alpha value is -2.07. The lowest BCUT2D eigenvalue weighted by Gasteiger charge is -2.24. The van der Waals surface area contributed by atoms with Crippen molar-refractivity contribution in [1.82, 2.24) is 0 Å². The fraction of sp³-hybridized carbons (Fsp3) is 0.263. The first-order valence-corrected chi connectivity index (χ1v) is 9.41. The predicted molar refractivity (Wildman–Crippen MR) is 93.9 cm³/mol. The van der Waals surface area contributed by atoms with E-state index in [9.17, 15) is 8.42 Å². The third-order valence-corrected chi connectivity index (χ3v) is 6.72. The fourth-order valence-electron chi connectivity index (χ4n) is 3.56. The zero-order chi connectivity index (χ0) is 16.0. The van der Waals surface area contributed by atoms with Crippen molar-refractivity contribution in [2.75, 3.05) is 10.8 Å².